The molecule has 3 aromatic heterocycles. The molecule has 0 aliphatic carbocycles. The summed E-state index contributed by atoms with van der Waals surface area (Å²) in [6.07, 6.45) is 0. The van der Waals surface area contributed by atoms with Crippen molar-refractivity contribution in [3.63, 3.8) is 0 Å². The summed E-state index contributed by atoms with van der Waals surface area (Å²) in [5.41, 5.74) is 9.61. The van der Waals surface area contributed by atoms with Crippen LogP contribution in [0.15, 0.2) is 211 Å². The van der Waals surface area contributed by atoms with E-state index in [1.54, 1.807) is 0 Å². The highest BCUT2D eigenvalue weighted by molar-refractivity contribution is 6.17. The van der Waals surface area contributed by atoms with Crippen LogP contribution in [0.3, 0.4) is 0 Å². The third-order valence-electron chi connectivity index (χ3n) is 12.3. The van der Waals surface area contributed by atoms with Crippen molar-refractivity contribution in [3.8, 4) is 51.0 Å². The number of benzene rings is 10. The molecule has 0 spiro atoms. The first kappa shape index (κ1) is 34.5. The standard InChI is InChI=1S/C57H34N4O/c1-2-13-35(14-3-1)38-21-12-22-43(27-38)55-58-56(44-26-25-36-15-4-5-16-37(36)28-44)60-57(59-55)49-34-54-48(45-23-10-11-24-53(45)62-54)33-52(49)61-50-31-41-19-8-6-17-39(41)29-46(50)47-30-40-18-7-9-20-42(40)32-51(47)61/h1-34H. The fourth-order valence-electron chi connectivity index (χ4n) is 9.32. The van der Waals surface area contributed by atoms with E-state index in [2.05, 4.69) is 193 Å². The van der Waals surface area contributed by atoms with Gasteiger partial charge in [0.1, 0.15) is 11.2 Å². The minimum absolute atomic E-state index is 0.553. The van der Waals surface area contributed by atoms with Crippen molar-refractivity contribution in [1.29, 1.82) is 0 Å². The molecule has 10 aromatic carbocycles. The summed E-state index contributed by atoms with van der Waals surface area (Å²) in [5, 5.41) is 11.4. The highest BCUT2D eigenvalue weighted by Gasteiger charge is 2.23. The average Bonchev–Trinajstić information content (AvgIpc) is 3.85. The van der Waals surface area contributed by atoms with Crippen molar-refractivity contribution in [1.82, 2.24) is 19.5 Å². The number of fused-ring (bicyclic) bond motifs is 9. The molecule has 13 aromatic rings. The number of aromatic nitrogens is 4. The lowest BCUT2D eigenvalue weighted by Gasteiger charge is -2.16. The van der Waals surface area contributed by atoms with Crippen molar-refractivity contribution in [3.05, 3.63) is 206 Å². The molecular weight excluding hydrogens is 757 g/mol. The second kappa shape index (κ2) is 13.6. The summed E-state index contributed by atoms with van der Waals surface area (Å²) in [4.78, 5) is 16.1. The number of nitrogens with zero attached hydrogens (tertiary/aromatic N) is 4. The zero-order valence-electron chi connectivity index (χ0n) is 33.3. The molecule has 0 unspecified atom stereocenters. The number of hydrogen-bond donors (Lipinski definition) is 0. The summed E-state index contributed by atoms with van der Waals surface area (Å²) in [6.45, 7) is 0. The maximum atomic E-state index is 6.64. The molecule has 0 radical (unpaired) electrons. The van der Waals surface area contributed by atoms with Gasteiger partial charge in [-0.1, -0.05) is 152 Å². The molecule has 13 rings (SSSR count). The Kier molecular flexibility index (Phi) is 7.54. The van der Waals surface area contributed by atoms with Gasteiger partial charge in [0, 0.05) is 38.2 Å². The summed E-state index contributed by atoms with van der Waals surface area (Å²) in [6, 6.07) is 72.9. The maximum Gasteiger partial charge on any atom is 0.166 e. The SMILES string of the molecule is c1ccc(-c2cccc(-c3nc(-c4ccc5ccccc5c4)nc(-c4cc5oc6ccccc6c5cc4-n4c5cc6ccccc6cc5c5cc6ccccc6cc54)n3)c2)cc1. The van der Waals surface area contributed by atoms with Gasteiger partial charge in [0.15, 0.2) is 17.5 Å². The van der Waals surface area contributed by atoms with E-state index in [0.29, 0.717) is 17.5 Å². The Labute approximate surface area is 355 Å². The van der Waals surface area contributed by atoms with Crippen LogP contribution in [0.1, 0.15) is 0 Å². The van der Waals surface area contributed by atoms with Crippen LogP contribution in [0.5, 0.6) is 0 Å². The highest BCUT2D eigenvalue weighted by Crippen LogP contribution is 2.43. The van der Waals surface area contributed by atoms with Crippen LogP contribution in [0.4, 0.5) is 0 Å². The van der Waals surface area contributed by atoms with Gasteiger partial charge in [0.05, 0.1) is 16.7 Å². The maximum absolute atomic E-state index is 6.64. The molecule has 5 heteroatoms. The van der Waals surface area contributed by atoms with Gasteiger partial charge in [-0.25, -0.2) is 15.0 Å². The first-order chi connectivity index (χ1) is 30.7. The van der Waals surface area contributed by atoms with Crippen molar-refractivity contribution in [2.75, 3.05) is 0 Å². The summed E-state index contributed by atoms with van der Waals surface area (Å²) >= 11 is 0. The number of rotatable bonds is 5. The first-order valence-electron chi connectivity index (χ1n) is 20.9. The van der Waals surface area contributed by atoms with Crippen LogP contribution < -0.4 is 0 Å². The number of furan rings is 1. The Balaban J connectivity index is 1.15. The predicted octanol–water partition coefficient (Wildman–Crippen LogP) is 15.0. The van der Waals surface area contributed by atoms with Gasteiger partial charge in [-0.15, -0.1) is 0 Å². The Morgan fingerprint density at radius 2 is 0.839 bits per heavy atom. The lowest BCUT2D eigenvalue weighted by Crippen LogP contribution is -2.04. The van der Waals surface area contributed by atoms with E-state index >= 15 is 0 Å². The van der Waals surface area contributed by atoms with Crippen LogP contribution in [0.2, 0.25) is 0 Å². The predicted molar refractivity (Wildman–Crippen MR) is 256 cm³/mol. The zero-order valence-corrected chi connectivity index (χ0v) is 33.3. The topological polar surface area (TPSA) is 56.7 Å². The molecule has 0 bridgehead atoms. The van der Waals surface area contributed by atoms with E-state index in [9.17, 15) is 0 Å². The van der Waals surface area contributed by atoms with Crippen LogP contribution in [0.25, 0.3) is 127 Å². The van der Waals surface area contributed by atoms with Crippen LogP contribution in [-0.2, 0) is 0 Å². The fraction of sp³-hybridized carbons (Fsp3) is 0. The fourth-order valence-corrected chi connectivity index (χ4v) is 9.32. The minimum Gasteiger partial charge on any atom is -0.456 e. The number of para-hydroxylation sites is 1. The minimum atomic E-state index is 0.553. The van der Waals surface area contributed by atoms with E-state index in [0.717, 1.165) is 77.2 Å². The third-order valence-corrected chi connectivity index (χ3v) is 12.3. The molecule has 0 N–H and O–H groups in total. The molecule has 0 aliphatic heterocycles. The first-order valence-corrected chi connectivity index (χ1v) is 20.9. The normalized spacial score (nSPS) is 11.9. The zero-order chi connectivity index (χ0) is 40.7. The van der Waals surface area contributed by atoms with Crippen LogP contribution in [0, 0.1) is 0 Å². The van der Waals surface area contributed by atoms with E-state index in [-0.39, 0.29) is 0 Å². The number of hydrogen-bond acceptors (Lipinski definition) is 4. The second-order valence-electron chi connectivity index (χ2n) is 16.0. The lowest BCUT2D eigenvalue weighted by molar-refractivity contribution is 0.669. The van der Waals surface area contributed by atoms with Crippen molar-refractivity contribution >= 4 is 76.1 Å². The van der Waals surface area contributed by atoms with Crippen molar-refractivity contribution in [2.45, 2.75) is 0 Å². The molecule has 0 saturated heterocycles. The van der Waals surface area contributed by atoms with E-state index < -0.39 is 0 Å². The second-order valence-corrected chi connectivity index (χ2v) is 16.0. The molecular formula is C57H34N4O. The van der Waals surface area contributed by atoms with E-state index in [1.807, 2.05) is 18.2 Å². The molecule has 0 saturated carbocycles. The van der Waals surface area contributed by atoms with Gasteiger partial charge >= 0.3 is 0 Å². The van der Waals surface area contributed by atoms with Gasteiger partial charge in [-0.3, -0.25) is 0 Å². The summed E-state index contributed by atoms with van der Waals surface area (Å²) < 4.78 is 9.05. The molecule has 62 heavy (non-hydrogen) atoms. The van der Waals surface area contributed by atoms with Gasteiger partial charge in [-0.05, 0) is 98.0 Å². The average molecular weight is 791 g/mol. The van der Waals surface area contributed by atoms with E-state index in [1.165, 1.54) is 32.3 Å². The molecule has 0 atom stereocenters. The van der Waals surface area contributed by atoms with Gasteiger partial charge in [-0.2, -0.15) is 0 Å². The molecule has 5 nitrogen and oxygen atoms in total. The third kappa shape index (κ3) is 5.52. The monoisotopic (exact) mass is 790 g/mol. The lowest BCUT2D eigenvalue weighted by atomic mass is 10.0. The molecule has 0 fully saturated rings. The molecule has 3 heterocycles. The molecule has 0 amide bonds. The van der Waals surface area contributed by atoms with Crippen molar-refractivity contribution in [2.24, 2.45) is 0 Å². The quantitative estimate of drug-likeness (QED) is 0.174. The molecule has 0 aliphatic rings. The Hall–Kier alpha value is -8.41. The van der Waals surface area contributed by atoms with Crippen LogP contribution >= 0.6 is 0 Å². The van der Waals surface area contributed by atoms with Gasteiger partial charge in [0.25, 0.3) is 0 Å². The van der Waals surface area contributed by atoms with Crippen LogP contribution in [-0.4, -0.2) is 19.5 Å². The summed E-state index contributed by atoms with van der Waals surface area (Å²) in [7, 11) is 0. The summed E-state index contributed by atoms with van der Waals surface area (Å²) in [5.74, 6) is 1.73. The molecule has 288 valence electrons. The smallest absolute Gasteiger partial charge is 0.166 e. The Morgan fingerprint density at radius 1 is 0.306 bits per heavy atom. The Bertz CT molecular complexity index is 3840. The highest BCUT2D eigenvalue weighted by atomic mass is 16.3. The van der Waals surface area contributed by atoms with E-state index in [4.69, 9.17) is 19.4 Å². The largest absolute Gasteiger partial charge is 0.456 e. The van der Waals surface area contributed by atoms with Gasteiger partial charge in [0.2, 0.25) is 0 Å². The Morgan fingerprint density at radius 3 is 1.53 bits per heavy atom. The van der Waals surface area contributed by atoms with Gasteiger partial charge < -0.3 is 8.98 Å². The van der Waals surface area contributed by atoms with Crippen molar-refractivity contribution < 1.29 is 4.42 Å².